The topological polar surface area (TPSA) is 12.0 Å². The Morgan fingerprint density at radius 2 is 2.11 bits per heavy atom. The van der Waals surface area contributed by atoms with Gasteiger partial charge in [0.15, 0.2) is 0 Å². The minimum Gasteiger partial charge on any atom is -0.310 e. The fourth-order valence-corrected chi connectivity index (χ4v) is 2.15. The summed E-state index contributed by atoms with van der Waals surface area (Å²) in [4.78, 5) is 0. The number of hydrogen-bond acceptors (Lipinski definition) is 1. The lowest BCUT2D eigenvalue weighted by Crippen LogP contribution is -2.22. The zero-order chi connectivity index (χ0) is 13.4. The van der Waals surface area contributed by atoms with Crippen LogP contribution in [0.5, 0.6) is 0 Å². The van der Waals surface area contributed by atoms with Crippen LogP contribution in [0.3, 0.4) is 0 Å². The number of hydrogen-bond donors (Lipinski definition) is 1. The van der Waals surface area contributed by atoms with Gasteiger partial charge >= 0.3 is 0 Å². The van der Waals surface area contributed by atoms with E-state index in [1.807, 2.05) is 18.2 Å². The highest BCUT2D eigenvalue weighted by Crippen LogP contribution is 2.27. The van der Waals surface area contributed by atoms with E-state index in [-0.39, 0.29) is 0 Å². The minimum atomic E-state index is 0.299. The monoisotopic (exact) mass is 283 g/mol. The molecule has 0 spiro atoms. The molecule has 0 fully saturated rings. The van der Waals surface area contributed by atoms with Gasteiger partial charge in [0.25, 0.3) is 0 Å². The zero-order valence-corrected chi connectivity index (χ0v) is 12.2. The number of benzene rings is 1. The SMILES string of the molecule is C#CCCCC(NCCC)c1ccc(Cl)c(Cl)c1. The Morgan fingerprint density at radius 1 is 1.33 bits per heavy atom. The van der Waals surface area contributed by atoms with Gasteiger partial charge in [0.1, 0.15) is 0 Å². The summed E-state index contributed by atoms with van der Waals surface area (Å²) < 4.78 is 0. The van der Waals surface area contributed by atoms with Crippen molar-refractivity contribution >= 4 is 23.2 Å². The summed E-state index contributed by atoms with van der Waals surface area (Å²) in [6.45, 7) is 3.14. The average molecular weight is 284 g/mol. The lowest BCUT2D eigenvalue weighted by molar-refractivity contribution is 0.487. The van der Waals surface area contributed by atoms with Crippen LogP contribution >= 0.6 is 23.2 Å². The summed E-state index contributed by atoms with van der Waals surface area (Å²) in [5.41, 5.74) is 1.18. The molecule has 0 bridgehead atoms. The maximum atomic E-state index is 6.06. The Bertz CT molecular complexity index is 409. The minimum absolute atomic E-state index is 0.299. The second-order valence-corrected chi connectivity index (χ2v) is 5.09. The predicted octanol–water partition coefficient (Wildman–Crippen LogP) is 4.84. The molecule has 0 radical (unpaired) electrons. The largest absolute Gasteiger partial charge is 0.310 e. The van der Waals surface area contributed by atoms with Crippen LogP contribution in [0.25, 0.3) is 0 Å². The maximum absolute atomic E-state index is 6.06. The van der Waals surface area contributed by atoms with Crippen molar-refractivity contribution in [2.75, 3.05) is 6.54 Å². The fourth-order valence-electron chi connectivity index (χ4n) is 1.84. The summed E-state index contributed by atoms with van der Waals surface area (Å²) in [6.07, 6.45) is 9.23. The van der Waals surface area contributed by atoms with Gasteiger partial charge in [0.2, 0.25) is 0 Å². The summed E-state index contributed by atoms with van der Waals surface area (Å²) in [6, 6.07) is 6.11. The lowest BCUT2D eigenvalue weighted by atomic mass is 10.0. The third-order valence-electron chi connectivity index (χ3n) is 2.80. The molecule has 1 nitrogen and oxygen atoms in total. The van der Waals surface area contributed by atoms with E-state index in [0.717, 1.165) is 32.2 Å². The normalized spacial score (nSPS) is 12.1. The molecule has 1 unspecified atom stereocenters. The van der Waals surface area contributed by atoms with Crippen LogP contribution in [-0.2, 0) is 0 Å². The highest BCUT2D eigenvalue weighted by Gasteiger charge is 2.11. The van der Waals surface area contributed by atoms with Crippen molar-refractivity contribution < 1.29 is 0 Å². The van der Waals surface area contributed by atoms with Crippen LogP contribution in [-0.4, -0.2) is 6.54 Å². The van der Waals surface area contributed by atoms with E-state index in [4.69, 9.17) is 29.6 Å². The molecular weight excluding hydrogens is 265 g/mol. The van der Waals surface area contributed by atoms with E-state index in [1.54, 1.807) is 0 Å². The van der Waals surface area contributed by atoms with Crippen molar-refractivity contribution in [3.8, 4) is 12.3 Å². The number of unbranched alkanes of at least 4 members (excludes halogenated alkanes) is 1. The number of rotatable bonds is 7. The first-order valence-electron chi connectivity index (χ1n) is 6.30. The first kappa shape index (κ1) is 15.4. The molecule has 0 aliphatic heterocycles. The van der Waals surface area contributed by atoms with Crippen LogP contribution in [0.15, 0.2) is 18.2 Å². The van der Waals surface area contributed by atoms with Crippen LogP contribution in [0.4, 0.5) is 0 Å². The molecule has 0 amide bonds. The van der Waals surface area contributed by atoms with E-state index < -0.39 is 0 Å². The fraction of sp³-hybridized carbons (Fsp3) is 0.467. The molecule has 1 aromatic carbocycles. The molecule has 1 aromatic rings. The van der Waals surface area contributed by atoms with Crippen molar-refractivity contribution in [3.05, 3.63) is 33.8 Å². The van der Waals surface area contributed by atoms with Gasteiger partial charge in [-0.2, -0.15) is 0 Å². The van der Waals surface area contributed by atoms with Gasteiger partial charge < -0.3 is 5.32 Å². The number of halogens is 2. The van der Waals surface area contributed by atoms with E-state index in [1.165, 1.54) is 5.56 Å². The van der Waals surface area contributed by atoms with Gasteiger partial charge in [-0.1, -0.05) is 36.2 Å². The Morgan fingerprint density at radius 3 is 2.72 bits per heavy atom. The van der Waals surface area contributed by atoms with E-state index in [0.29, 0.717) is 16.1 Å². The van der Waals surface area contributed by atoms with Crippen LogP contribution in [0, 0.1) is 12.3 Å². The summed E-state index contributed by atoms with van der Waals surface area (Å²) in [5.74, 6) is 2.68. The Labute approximate surface area is 120 Å². The second-order valence-electron chi connectivity index (χ2n) is 4.28. The first-order valence-corrected chi connectivity index (χ1v) is 7.06. The Hall–Kier alpha value is -0.680. The summed E-state index contributed by atoms with van der Waals surface area (Å²) in [7, 11) is 0. The van der Waals surface area contributed by atoms with Crippen molar-refractivity contribution in [2.45, 2.75) is 38.6 Å². The second kappa shape index (κ2) is 8.43. The van der Waals surface area contributed by atoms with Gasteiger partial charge in [-0.15, -0.1) is 12.3 Å². The van der Waals surface area contributed by atoms with Crippen molar-refractivity contribution in [1.29, 1.82) is 0 Å². The molecule has 1 rings (SSSR count). The van der Waals surface area contributed by atoms with Crippen LogP contribution in [0.1, 0.15) is 44.2 Å². The molecule has 98 valence electrons. The summed E-state index contributed by atoms with van der Waals surface area (Å²) in [5, 5.41) is 4.72. The number of terminal acetylenes is 1. The van der Waals surface area contributed by atoms with Crippen LogP contribution < -0.4 is 5.32 Å². The molecule has 0 saturated carbocycles. The van der Waals surface area contributed by atoms with Crippen LogP contribution in [0.2, 0.25) is 10.0 Å². The highest BCUT2D eigenvalue weighted by molar-refractivity contribution is 6.42. The van der Waals surface area contributed by atoms with E-state index >= 15 is 0 Å². The van der Waals surface area contributed by atoms with Gasteiger partial charge in [0, 0.05) is 12.5 Å². The lowest BCUT2D eigenvalue weighted by Gasteiger charge is -2.19. The molecule has 0 saturated heterocycles. The van der Waals surface area contributed by atoms with Crippen molar-refractivity contribution in [3.63, 3.8) is 0 Å². The Kier molecular flexibility index (Phi) is 7.20. The molecule has 0 aromatic heterocycles. The first-order chi connectivity index (χ1) is 8.69. The molecule has 3 heteroatoms. The van der Waals surface area contributed by atoms with Gasteiger partial charge in [-0.3, -0.25) is 0 Å². The molecule has 0 aliphatic rings. The predicted molar refractivity (Wildman–Crippen MR) is 80.2 cm³/mol. The zero-order valence-electron chi connectivity index (χ0n) is 10.7. The highest BCUT2D eigenvalue weighted by atomic mass is 35.5. The molecule has 1 atom stereocenters. The van der Waals surface area contributed by atoms with Crippen molar-refractivity contribution in [2.24, 2.45) is 0 Å². The third kappa shape index (κ3) is 4.90. The quantitative estimate of drug-likeness (QED) is 0.558. The summed E-state index contributed by atoms with van der Waals surface area (Å²) >= 11 is 12.0. The van der Waals surface area contributed by atoms with Gasteiger partial charge in [-0.25, -0.2) is 0 Å². The molecule has 0 aliphatic carbocycles. The molecule has 1 N–H and O–H groups in total. The van der Waals surface area contributed by atoms with E-state index in [9.17, 15) is 0 Å². The third-order valence-corrected chi connectivity index (χ3v) is 3.54. The van der Waals surface area contributed by atoms with Gasteiger partial charge in [0.05, 0.1) is 10.0 Å². The average Bonchev–Trinajstić information content (AvgIpc) is 2.37. The Balaban J connectivity index is 2.73. The van der Waals surface area contributed by atoms with Gasteiger partial charge in [-0.05, 0) is 43.5 Å². The standard InChI is InChI=1S/C15H19Cl2N/c1-3-5-6-7-15(18-10-4-2)12-8-9-13(16)14(17)11-12/h1,8-9,11,15,18H,4-7,10H2,2H3. The maximum Gasteiger partial charge on any atom is 0.0595 e. The molecule has 18 heavy (non-hydrogen) atoms. The van der Waals surface area contributed by atoms with Crippen molar-refractivity contribution in [1.82, 2.24) is 5.32 Å². The van der Waals surface area contributed by atoms with E-state index in [2.05, 4.69) is 18.2 Å². The smallest absolute Gasteiger partial charge is 0.0595 e. The molecule has 0 heterocycles. The molecular formula is C15H19Cl2N. The number of nitrogens with one attached hydrogen (secondary N) is 1.